The van der Waals surface area contributed by atoms with E-state index in [1.807, 2.05) is 24.3 Å². The first kappa shape index (κ1) is 16.8. The Bertz CT molecular complexity index is 784. The Balaban J connectivity index is 1.64. The predicted octanol–water partition coefficient (Wildman–Crippen LogP) is 2.94. The van der Waals surface area contributed by atoms with Gasteiger partial charge in [0.15, 0.2) is 0 Å². The zero-order valence-electron chi connectivity index (χ0n) is 13.7. The predicted molar refractivity (Wildman–Crippen MR) is 96.7 cm³/mol. The molecule has 0 fully saturated rings. The summed E-state index contributed by atoms with van der Waals surface area (Å²) in [5.41, 5.74) is 3.79. The zero-order chi connectivity index (χ0) is 16.9. The molecule has 2 N–H and O–H groups in total. The summed E-state index contributed by atoms with van der Waals surface area (Å²) < 4.78 is 0. The molecular weight excluding hydrogens is 322 g/mol. The Labute approximate surface area is 145 Å². The van der Waals surface area contributed by atoms with Crippen molar-refractivity contribution in [1.29, 1.82) is 0 Å². The molecule has 0 atom stereocenters. The highest BCUT2D eigenvalue weighted by molar-refractivity contribution is 8.00. The van der Waals surface area contributed by atoms with Gasteiger partial charge in [-0.1, -0.05) is 30.8 Å². The van der Waals surface area contributed by atoms with Gasteiger partial charge in [-0.15, -0.1) is 0 Å². The number of aromatic nitrogens is 2. The second-order valence-corrected chi connectivity index (χ2v) is 6.86. The van der Waals surface area contributed by atoms with Gasteiger partial charge in [-0.2, -0.15) is 4.98 Å². The van der Waals surface area contributed by atoms with Crippen molar-refractivity contribution in [3.05, 3.63) is 51.6 Å². The lowest BCUT2D eigenvalue weighted by atomic mass is 9.98. The maximum absolute atomic E-state index is 12.1. The van der Waals surface area contributed by atoms with E-state index in [1.165, 1.54) is 17.3 Å². The van der Waals surface area contributed by atoms with E-state index >= 15 is 0 Å². The number of thioether (sulfide) groups is 1. The van der Waals surface area contributed by atoms with Crippen molar-refractivity contribution in [3.8, 4) is 0 Å². The van der Waals surface area contributed by atoms with Crippen LogP contribution in [-0.2, 0) is 24.1 Å². The van der Waals surface area contributed by atoms with Gasteiger partial charge in [0, 0.05) is 16.9 Å². The molecule has 0 saturated carbocycles. The Kier molecular flexibility index (Phi) is 5.35. The van der Waals surface area contributed by atoms with E-state index in [2.05, 4.69) is 22.2 Å². The SMILES string of the molecule is CCc1ccc(NC(=O)CSc2nc(=O)[nH]c3c2CCCC3)cc1. The number of aromatic amines is 1. The number of amides is 1. The molecule has 3 rings (SSSR count). The molecular formula is C18H21N3O2S. The third-order valence-electron chi connectivity index (χ3n) is 4.17. The van der Waals surface area contributed by atoms with E-state index in [4.69, 9.17) is 0 Å². The summed E-state index contributed by atoms with van der Waals surface area (Å²) >= 11 is 1.34. The molecule has 1 heterocycles. The van der Waals surface area contributed by atoms with E-state index in [1.54, 1.807) is 0 Å². The fourth-order valence-electron chi connectivity index (χ4n) is 2.87. The monoisotopic (exact) mass is 343 g/mol. The molecule has 24 heavy (non-hydrogen) atoms. The topological polar surface area (TPSA) is 74.8 Å². The van der Waals surface area contributed by atoms with E-state index < -0.39 is 0 Å². The summed E-state index contributed by atoms with van der Waals surface area (Å²) in [5, 5.41) is 3.58. The first-order chi connectivity index (χ1) is 11.7. The molecule has 1 aromatic heterocycles. The van der Waals surface area contributed by atoms with E-state index in [0.29, 0.717) is 5.03 Å². The summed E-state index contributed by atoms with van der Waals surface area (Å²) in [6, 6.07) is 7.85. The molecule has 0 bridgehead atoms. The Morgan fingerprint density at radius 3 is 2.75 bits per heavy atom. The zero-order valence-corrected chi connectivity index (χ0v) is 14.5. The molecule has 1 aliphatic rings. The number of carbonyl (C=O) groups excluding carboxylic acids is 1. The van der Waals surface area contributed by atoms with Gasteiger partial charge in [0.05, 0.1) is 5.75 Å². The van der Waals surface area contributed by atoms with Crippen molar-refractivity contribution in [2.45, 2.75) is 44.1 Å². The van der Waals surface area contributed by atoms with Crippen LogP contribution in [0, 0.1) is 0 Å². The van der Waals surface area contributed by atoms with Crippen LogP contribution in [0.3, 0.4) is 0 Å². The summed E-state index contributed by atoms with van der Waals surface area (Å²) in [4.78, 5) is 30.7. The number of hydrogen-bond acceptors (Lipinski definition) is 4. The van der Waals surface area contributed by atoms with Crippen LogP contribution in [0.4, 0.5) is 5.69 Å². The fourth-order valence-corrected chi connectivity index (χ4v) is 3.76. The number of anilines is 1. The van der Waals surface area contributed by atoms with Crippen LogP contribution in [-0.4, -0.2) is 21.6 Å². The van der Waals surface area contributed by atoms with Gasteiger partial charge in [-0.05, 0) is 49.8 Å². The summed E-state index contributed by atoms with van der Waals surface area (Å²) in [6.07, 6.45) is 4.97. The smallest absolute Gasteiger partial charge is 0.325 e. The minimum absolute atomic E-state index is 0.0871. The molecule has 6 heteroatoms. The average Bonchev–Trinajstić information content (AvgIpc) is 2.60. The van der Waals surface area contributed by atoms with Crippen molar-refractivity contribution >= 4 is 23.4 Å². The number of benzene rings is 1. The molecule has 0 spiro atoms. The van der Waals surface area contributed by atoms with Gasteiger partial charge in [-0.25, -0.2) is 4.79 Å². The van der Waals surface area contributed by atoms with Crippen LogP contribution < -0.4 is 11.0 Å². The van der Waals surface area contributed by atoms with Crippen molar-refractivity contribution in [2.75, 3.05) is 11.1 Å². The quantitative estimate of drug-likeness (QED) is 0.646. The Morgan fingerprint density at radius 2 is 2.00 bits per heavy atom. The van der Waals surface area contributed by atoms with E-state index in [0.717, 1.165) is 49.0 Å². The highest BCUT2D eigenvalue weighted by Crippen LogP contribution is 2.27. The molecule has 5 nitrogen and oxygen atoms in total. The number of fused-ring (bicyclic) bond motifs is 1. The number of nitrogens with one attached hydrogen (secondary N) is 2. The molecule has 2 aromatic rings. The number of nitrogens with zero attached hydrogens (tertiary/aromatic N) is 1. The van der Waals surface area contributed by atoms with Crippen molar-refractivity contribution in [2.24, 2.45) is 0 Å². The lowest BCUT2D eigenvalue weighted by Gasteiger charge is -2.17. The lowest BCUT2D eigenvalue weighted by Crippen LogP contribution is -2.21. The number of hydrogen-bond donors (Lipinski definition) is 2. The molecule has 1 amide bonds. The van der Waals surface area contributed by atoms with Gasteiger partial charge < -0.3 is 10.3 Å². The highest BCUT2D eigenvalue weighted by Gasteiger charge is 2.17. The van der Waals surface area contributed by atoms with Gasteiger partial charge in [-0.3, -0.25) is 4.79 Å². The maximum atomic E-state index is 12.1. The molecule has 126 valence electrons. The second-order valence-electron chi connectivity index (χ2n) is 5.90. The fraction of sp³-hybridized carbons (Fsp3) is 0.389. The standard InChI is InChI=1S/C18H21N3O2S/c1-2-12-7-9-13(10-8-12)19-16(22)11-24-17-14-5-3-4-6-15(14)20-18(23)21-17/h7-10H,2-6,11H2,1H3,(H,19,22)(H,20,21,23). The van der Waals surface area contributed by atoms with E-state index in [9.17, 15) is 9.59 Å². The first-order valence-electron chi connectivity index (χ1n) is 8.29. The number of H-pyrrole nitrogens is 1. The molecule has 1 aliphatic carbocycles. The second kappa shape index (κ2) is 7.66. The highest BCUT2D eigenvalue weighted by atomic mass is 32.2. The maximum Gasteiger partial charge on any atom is 0.346 e. The molecule has 0 saturated heterocycles. The van der Waals surface area contributed by atoms with Crippen LogP contribution >= 0.6 is 11.8 Å². The van der Waals surface area contributed by atoms with Gasteiger partial charge in [0.1, 0.15) is 5.03 Å². The van der Waals surface area contributed by atoms with Crippen LogP contribution in [0.25, 0.3) is 0 Å². The number of rotatable bonds is 5. The van der Waals surface area contributed by atoms with Crippen LogP contribution in [0.2, 0.25) is 0 Å². The lowest BCUT2D eigenvalue weighted by molar-refractivity contribution is -0.113. The van der Waals surface area contributed by atoms with Gasteiger partial charge in [0.2, 0.25) is 5.91 Å². The number of carbonyl (C=O) groups is 1. The van der Waals surface area contributed by atoms with Gasteiger partial charge in [0.25, 0.3) is 0 Å². The molecule has 0 unspecified atom stereocenters. The minimum atomic E-state index is -0.325. The summed E-state index contributed by atoms with van der Waals surface area (Å²) in [6.45, 7) is 2.10. The normalized spacial score (nSPS) is 13.4. The molecule has 0 aliphatic heterocycles. The van der Waals surface area contributed by atoms with Crippen LogP contribution in [0.1, 0.15) is 36.6 Å². The first-order valence-corrected chi connectivity index (χ1v) is 9.28. The minimum Gasteiger partial charge on any atom is -0.325 e. The third-order valence-corrected chi connectivity index (χ3v) is 5.19. The third kappa shape index (κ3) is 4.06. The van der Waals surface area contributed by atoms with Gasteiger partial charge >= 0.3 is 5.69 Å². The van der Waals surface area contributed by atoms with Crippen molar-refractivity contribution < 1.29 is 4.79 Å². The van der Waals surface area contributed by atoms with Crippen molar-refractivity contribution in [1.82, 2.24) is 9.97 Å². The molecule has 1 aromatic carbocycles. The summed E-state index contributed by atoms with van der Waals surface area (Å²) in [7, 11) is 0. The largest absolute Gasteiger partial charge is 0.346 e. The molecule has 0 radical (unpaired) electrons. The van der Waals surface area contributed by atoms with E-state index in [-0.39, 0.29) is 17.3 Å². The average molecular weight is 343 g/mol. The van der Waals surface area contributed by atoms with Crippen molar-refractivity contribution in [3.63, 3.8) is 0 Å². The number of aryl methyl sites for hydroxylation is 2. The Morgan fingerprint density at radius 1 is 1.25 bits per heavy atom. The summed E-state index contributed by atoms with van der Waals surface area (Å²) in [5.74, 6) is 0.161. The van der Waals surface area contributed by atoms with Crippen LogP contribution in [0.5, 0.6) is 0 Å². The van der Waals surface area contributed by atoms with Crippen LogP contribution in [0.15, 0.2) is 34.1 Å². The Hall–Kier alpha value is -2.08.